The van der Waals surface area contributed by atoms with Gasteiger partial charge in [0.15, 0.2) is 5.69 Å². The number of nitrogens with zero attached hydrogens (tertiary/aromatic N) is 5. The number of fused-ring (bicyclic) bond motifs is 1. The van der Waals surface area contributed by atoms with Crippen LogP contribution in [0.3, 0.4) is 0 Å². The number of carbonyl (C=O) groups excluding carboxylic acids is 2. The molecule has 39 heavy (non-hydrogen) atoms. The Kier molecular flexibility index (Phi) is 6.82. The standard InChI is InChI=1S/C26H26ClF2N7O3/c1-4-22(37)34-12-14(9-15(34)13-39-3)35-25(31-2)23(24(30)38)19(33-35)7-5-16-17-11-32-36(21-10-26(21,28)29)20(17)8-6-18(16)27/h4,6,8,11,14-15,21,31H,1,9-10,12-13H2,2-3H3,(H2,30,38). The van der Waals surface area contributed by atoms with Crippen molar-refractivity contribution in [1.29, 1.82) is 0 Å². The number of halogens is 3. The molecule has 3 unspecified atom stereocenters. The van der Waals surface area contributed by atoms with Crippen molar-refractivity contribution in [3.05, 3.63) is 52.8 Å². The van der Waals surface area contributed by atoms with Crippen LogP contribution in [-0.2, 0) is 9.53 Å². The average Bonchev–Trinajstić information content (AvgIpc) is 3.29. The van der Waals surface area contributed by atoms with Crippen LogP contribution in [0, 0.1) is 11.8 Å². The molecule has 3 heterocycles. The molecule has 1 saturated heterocycles. The van der Waals surface area contributed by atoms with E-state index in [0.717, 1.165) is 0 Å². The number of aromatic nitrogens is 4. The minimum Gasteiger partial charge on any atom is -0.383 e. The van der Waals surface area contributed by atoms with Crippen LogP contribution in [0.2, 0.25) is 5.02 Å². The molecule has 0 spiro atoms. The van der Waals surface area contributed by atoms with E-state index in [1.54, 1.807) is 35.9 Å². The fourth-order valence-electron chi connectivity index (χ4n) is 5.12. The van der Waals surface area contributed by atoms with Crippen molar-refractivity contribution >= 4 is 40.1 Å². The van der Waals surface area contributed by atoms with E-state index in [0.29, 0.717) is 46.9 Å². The number of nitrogens with two attached hydrogens (primary N) is 1. The third-order valence-electron chi connectivity index (χ3n) is 7.07. The molecule has 204 valence electrons. The first-order valence-electron chi connectivity index (χ1n) is 12.2. The Labute approximate surface area is 227 Å². The lowest BCUT2D eigenvalue weighted by molar-refractivity contribution is -0.127. The van der Waals surface area contributed by atoms with Crippen molar-refractivity contribution in [1.82, 2.24) is 24.5 Å². The van der Waals surface area contributed by atoms with Gasteiger partial charge in [0.1, 0.15) is 17.4 Å². The highest BCUT2D eigenvalue weighted by Crippen LogP contribution is 2.53. The van der Waals surface area contributed by atoms with E-state index in [4.69, 9.17) is 22.1 Å². The maximum absolute atomic E-state index is 13.7. The number of hydrogen-bond acceptors (Lipinski definition) is 6. The zero-order valence-corrected chi connectivity index (χ0v) is 22.0. The predicted octanol–water partition coefficient (Wildman–Crippen LogP) is 2.98. The third-order valence-corrected chi connectivity index (χ3v) is 7.39. The Morgan fingerprint density at radius 3 is 2.72 bits per heavy atom. The lowest BCUT2D eigenvalue weighted by atomic mass is 10.1. The summed E-state index contributed by atoms with van der Waals surface area (Å²) in [5, 5.41) is 12.5. The molecule has 3 N–H and O–H groups in total. The molecule has 0 radical (unpaired) electrons. The second-order valence-electron chi connectivity index (χ2n) is 9.50. The Morgan fingerprint density at radius 1 is 1.36 bits per heavy atom. The van der Waals surface area contributed by atoms with Crippen molar-refractivity contribution in [3.8, 4) is 11.8 Å². The molecule has 10 nitrogen and oxygen atoms in total. The zero-order valence-electron chi connectivity index (χ0n) is 21.2. The van der Waals surface area contributed by atoms with Gasteiger partial charge in [-0.1, -0.05) is 24.1 Å². The molecule has 2 fully saturated rings. The van der Waals surface area contributed by atoms with Crippen molar-refractivity contribution < 1.29 is 23.1 Å². The van der Waals surface area contributed by atoms with Crippen molar-refractivity contribution in [2.24, 2.45) is 5.73 Å². The summed E-state index contributed by atoms with van der Waals surface area (Å²) in [6, 6.07) is 1.68. The quantitative estimate of drug-likeness (QED) is 0.340. The maximum atomic E-state index is 13.7. The first-order valence-corrected chi connectivity index (χ1v) is 12.6. The number of amides is 2. The summed E-state index contributed by atoms with van der Waals surface area (Å²) in [5.41, 5.74) is 6.76. The number of nitrogens with one attached hydrogen (secondary N) is 1. The lowest BCUT2D eigenvalue weighted by Gasteiger charge is -2.22. The number of hydrogen-bond donors (Lipinski definition) is 2. The highest BCUT2D eigenvalue weighted by Gasteiger charge is 2.59. The Morgan fingerprint density at radius 2 is 2.10 bits per heavy atom. The summed E-state index contributed by atoms with van der Waals surface area (Å²) in [6.45, 7) is 4.22. The van der Waals surface area contributed by atoms with Crippen LogP contribution < -0.4 is 11.1 Å². The van der Waals surface area contributed by atoms with Gasteiger partial charge in [0.25, 0.3) is 11.8 Å². The second kappa shape index (κ2) is 9.98. The van der Waals surface area contributed by atoms with Crippen LogP contribution in [-0.4, -0.2) is 75.5 Å². The number of ether oxygens (including phenoxy) is 1. The molecule has 2 amide bonds. The second-order valence-corrected chi connectivity index (χ2v) is 9.91. The Bertz CT molecular complexity index is 1550. The van der Waals surface area contributed by atoms with Gasteiger partial charge in [-0.05, 0) is 30.6 Å². The van der Waals surface area contributed by atoms with Crippen LogP contribution in [0.1, 0.15) is 46.5 Å². The van der Waals surface area contributed by atoms with Gasteiger partial charge in [-0.25, -0.2) is 13.5 Å². The van der Waals surface area contributed by atoms with E-state index in [2.05, 4.69) is 33.9 Å². The largest absolute Gasteiger partial charge is 0.383 e. The van der Waals surface area contributed by atoms with E-state index in [9.17, 15) is 18.4 Å². The number of rotatable bonds is 7. The highest BCUT2D eigenvalue weighted by molar-refractivity contribution is 6.32. The van der Waals surface area contributed by atoms with E-state index < -0.39 is 17.9 Å². The fraction of sp³-hybridized carbons (Fsp3) is 0.385. The number of alkyl halides is 2. The van der Waals surface area contributed by atoms with Gasteiger partial charge in [0, 0.05) is 32.5 Å². The number of carbonyl (C=O) groups is 2. The van der Waals surface area contributed by atoms with Crippen LogP contribution in [0.5, 0.6) is 0 Å². The van der Waals surface area contributed by atoms with Gasteiger partial charge in [0.2, 0.25) is 5.91 Å². The minimum atomic E-state index is -2.80. The first kappa shape index (κ1) is 26.6. The number of primary amides is 1. The van der Waals surface area contributed by atoms with Gasteiger partial charge in [-0.3, -0.25) is 14.3 Å². The average molecular weight is 558 g/mol. The van der Waals surface area contributed by atoms with Gasteiger partial charge in [-0.2, -0.15) is 10.2 Å². The zero-order chi connectivity index (χ0) is 28.1. The summed E-state index contributed by atoms with van der Waals surface area (Å²) >= 11 is 6.43. The molecule has 1 aliphatic carbocycles. The van der Waals surface area contributed by atoms with Gasteiger partial charge >= 0.3 is 0 Å². The first-order chi connectivity index (χ1) is 18.6. The molecule has 3 aromatic rings. The van der Waals surface area contributed by atoms with E-state index in [1.807, 2.05) is 0 Å². The molecular formula is C26H26ClF2N7O3. The number of anilines is 1. The SMILES string of the molecule is C=CC(=O)N1CC(n2nc(C#Cc3c(Cl)ccc4c3cnn4C3CC3(F)F)c(C(N)=O)c2NC)CC1COC. The van der Waals surface area contributed by atoms with Crippen LogP contribution in [0.15, 0.2) is 31.0 Å². The molecule has 1 aliphatic heterocycles. The highest BCUT2D eigenvalue weighted by atomic mass is 35.5. The molecule has 2 aliphatic rings. The summed E-state index contributed by atoms with van der Waals surface area (Å²) < 4.78 is 35.6. The van der Waals surface area contributed by atoms with Gasteiger partial charge < -0.3 is 20.7 Å². The normalized spacial score (nSPS) is 21.5. The van der Waals surface area contributed by atoms with Crippen molar-refractivity contribution in [3.63, 3.8) is 0 Å². The molecule has 2 aromatic heterocycles. The summed E-state index contributed by atoms with van der Waals surface area (Å²) in [5.74, 6) is 2.43. The summed E-state index contributed by atoms with van der Waals surface area (Å²) in [7, 11) is 3.19. The smallest absolute Gasteiger partial charge is 0.272 e. The van der Waals surface area contributed by atoms with Crippen molar-refractivity contribution in [2.45, 2.75) is 36.9 Å². The van der Waals surface area contributed by atoms with E-state index in [-0.39, 0.29) is 35.7 Å². The fourth-order valence-corrected chi connectivity index (χ4v) is 5.33. The van der Waals surface area contributed by atoms with Crippen LogP contribution in [0.25, 0.3) is 10.9 Å². The number of benzene rings is 1. The maximum Gasteiger partial charge on any atom is 0.272 e. The van der Waals surface area contributed by atoms with Gasteiger partial charge in [0.05, 0.1) is 41.0 Å². The Hall–Kier alpha value is -3.95. The topological polar surface area (TPSA) is 120 Å². The third kappa shape index (κ3) is 4.62. The van der Waals surface area contributed by atoms with Crippen LogP contribution >= 0.6 is 11.6 Å². The summed E-state index contributed by atoms with van der Waals surface area (Å²) in [4.78, 5) is 26.6. The lowest BCUT2D eigenvalue weighted by Crippen LogP contribution is -2.37. The molecule has 5 rings (SSSR count). The monoisotopic (exact) mass is 557 g/mol. The summed E-state index contributed by atoms with van der Waals surface area (Å²) in [6.07, 6.45) is 2.94. The minimum absolute atomic E-state index is 0.0819. The van der Waals surface area contributed by atoms with E-state index >= 15 is 0 Å². The molecule has 1 saturated carbocycles. The number of methoxy groups -OCH3 is 1. The molecule has 0 bridgehead atoms. The predicted molar refractivity (Wildman–Crippen MR) is 141 cm³/mol. The van der Waals surface area contributed by atoms with Gasteiger partial charge in [-0.15, -0.1) is 0 Å². The molecule has 13 heteroatoms. The van der Waals surface area contributed by atoms with Crippen molar-refractivity contribution in [2.75, 3.05) is 32.6 Å². The van der Waals surface area contributed by atoms with E-state index in [1.165, 1.54) is 17.0 Å². The molecular weight excluding hydrogens is 532 g/mol. The van der Waals surface area contributed by atoms with Crippen LogP contribution in [0.4, 0.5) is 14.6 Å². The molecule has 3 atom stereocenters. The molecule has 1 aromatic carbocycles. The Balaban J connectivity index is 1.55. The number of likely N-dealkylation sites (tertiary alicyclic amines) is 1.